The topological polar surface area (TPSA) is 91.0 Å². The smallest absolute Gasteiger partial charge is 0.471 e. The fraction of sp³-hybridized carbons (Fsp3) is 0.389. The van der Waals surface area contributed by atoms with Crippen LogP contribution in [0, 0.1) is 0 Å². The van der Waals surface area contributed by atoms with Gasteiger partial charge in [0.1, 0.15) is 5.75 Å². The van der Waals surface area contributed by atoms with Crippen molar-refractivity contribution in [3.8, 4) is 5.75 Å². The molecule has 0 spiro atoms. The van der Waals surface area contributed by atoms with Crippen LogP contribution < -0.4 is 15.4 Å². The number of nitrogens with zero attached hydrogens (tertiary/aromatic N) is 2. The number of amides is 3. The predicted molar refractivity (Wildman–Crippen MR) is 99.9 cm³/mol. The predicted octanol–water partition coefficient (Wildman–Crippen LogP) is 1.71. The number of ether oxygens (including phenoxy) is 1. The maximum absolute atomic E-state index is 13.0. The van der Waals surface area contributed by atoms with E-state index in [1.54, 1.807) is 10.2 Å². The largest absolute Gasteiger partial charge is 0.495 e. The number of halogens is 3. The molecule has 0 atom stereocenters. The molecule has 1 heterocycles. The number of methoxy groups -OCH3 is 1. The summed E-state index contributed by atoms with van der Waals surface area (Å²) >= 11 is 0. The Morgan fingerprint density at radius 2 is 1.72 bits per heavy atom. The van der Waals surface area contributed by atoms with Crippen LogP contribution in [-0.2, 0) is 9.59 Å². The van der Waals surface area contributed by atoms with Crippen LogP contribution in [0.1, 0.15) is 10.4 Å². The summed E-state index contributed by atoms with van der Waals surface area (Å²) in [5.41, 5.74) is -0.396. The molecule has 0 saturated carbocycles. The molecule has 1 aliphatic rings. The van der Waals surface area contributed by atoms with Crippen LogP contribution in [0.2, 0.25) is 0 Å². The minimum atomic E-state index is -5.12. The van der Waals surface area contributed by atoms with Gasteiger partial charge in [0.25, 0.3) is 5.91 Å². The highest BCUT2D eigenvalue weighted by Crippen LogP contribution is 2.34. The summed E-state index contributed by atoms with van der Waals surface area (Å²) in [6.45, 7) is 5.50. The fourth-order valence-corrected chi connectivity index (χ4v) is 2.68. The van der Waals surface area contributed by atoms with E-state index in [4.69, 9.17) is 4.74 Å². The van der Waals surface area contributed by atoms with E-state index in [0.29, 0.717) is 26.2 Å². The molecule has 0 unspecified atom stereocenters. The van der Waals surface area contributed by atoms with Gasteiger partial charge < -0.3 is 25.2 Å². The maximum atomic E-state index is 13.0. The second kappa shape index (κ2) is 8.95. The number of anilines is 2. The van der Waals surface area contributed by atoms with Gasteiger partial charge in [-0.3, -0.25) is 14.4 Å². The number of nitrogens with one attached hydrogen (secondary N) is 2. The van der Waals surface area contributed by atoms with Crippen LogP contribution in [0.5, 0.6) is 5.75 Å². The Labute approximate surface area is 165 Å². The highest BCUT2D eigenvalue weighted by Gasteiger charge is 2.39. The average Bonchev–Trinajstić information content (AvgIpc) is 2.67. The number of alkyl halides is 3. The van der Waals surface area contributed by atoms with E-state index in [0.717, 1.165) is 12.1 Å². The quantitative estimate of drug-likeness (QED) is 0.716. The molecule has 158 valence electrons. The lowest BCUT2D eigenvalue weighted by molar-refractivity contribution is -0.167. The summed E-state index contributed by atoms with van der Waals surface area (Å²) in [4.78, 5) is 39.6. The molecule has 0 aromatic heterocycles. The fourth-order valence-electron chi connectivity index (χ4n) is 2.68. The van der Waals surface area contributed by atoms with Gasteiger partial charge in [0, 0.05) is 26.2 Å². The van der Waals surface area contributed by atoms with Gasteiger partial charge in [0.2, 0.25) is 5.91 Å². The zero-order valence-electron chi connectivity index (χ0n) is 15.9. The van der Waals surface area contributed by atoms with Crippen molar-refractivity contribution in [2.75, 3.05) is 51.0 Å². The number of likely N-dealkylation sites (N-methyl/N-ethyl adjacent to an activating group) is 1. The van der Waals surface area contributed by atoms with Crippen molar-refractivity contribution in [1.29, 1.82) is 0 Å². The first kappa shape index (κ1) is 22.2. The number of benzene rings is 1. The molecule has 29 heavy (non-hydrogen) atoms. The number of carbonyl (C=O) groups is 3. The van der Waals surface area contributed by atoms with Gasteiger partial charge in [0.15, 0.2) is 0 Å². The molecule has 1 aliphatic heterocycles. The Bertz CT molecular complexity index is 818. The monoisotopic (exact) mass is 414 g/mol. The number of carbonyl (C=O) groups excluding carboxylic acids is 3. The highest BCUT2D eigenvalue weighted by molar-refractivity contribution is 6.08. The molecule has 11 heteroatoms. The summed E-state index contributed by atoms with van der Waals surface area (Å²) in [6.07, 6.45) is -4.17. The third kappa shape index (κ3) is 5.47. The van der Waals surface area contributed by atoms with Gasteiger partial charge in [-0.15, -0.1) is 0 Å². The molecule has 3 amide bonds. The Morgan fingerprint density at radius 1 is 1.10 bits per heavy atom. The third-order valence-electron chi connectivity index (χ3n) is 4.31. The van der Waals surface area contributed by atoms with Crippen LogP contribution in [0.3, 0.4) is 0 Å². The van der Waals surface area contributed by atoms with E-state index in [1.807, 2.05) is 11.9 Å². The van der Waals surface area contributed by atoms with Gasteiger partial charge in [-0.05, 0) is 25.3 Å². The first-order chi connectivity index (χ1) is 13.6. The van der Waals surface area contributed by atoms with E-state index in [-0.39, 0.29) is 22.7 Å². The molecular formula is C18H21F3N4O4. The zero-order valence-corrected chi connectivity index (χ0v) is 15.9. The van der Waals surface area contributed by atoms with Crippen LogP contribution in [0.15, 0.2) is 24.8 Å². The zero-order chi connectivity index (χ0) is 21.8. The first-order valence-corrected chi connectivity index (χ1v) is 8.58. The van der Waals surface area contributed by atoms with Crippen molar-refractivity contribution >= 4 is 29.1 Å². The number of hydrogen-bond donors (Lipinski definition) is 2. The van der Waals surface area contributed by atoms with E-state index in [1.165, 1.54) is 13.2 Å². The second-order valence-electron chi connectivity index (χ2n) is 6.34. The summed E-state index contributed by atoms with van der Waals surface area (Å²) in [6, 6.07) is 2.23. The van der Waals surface area contributed by atoms with Crippen molar-refractivity contribution in [2.24, 2.45) is 0 Å². The van der Waals surface area contributed by atoms with Crippen LogP contribution in [-0.4, -0.2) is 74.0 Å². The molecule has 2 rings (SSSR count). The van der Waals surface area contributed by atoms with Crippen LogP contribution in [0.25, 0.3) is 0 Å². The van der Waals surface area contributed by atoms with Crippen molar-refractivity contribution < 1.29 is 32.3 Å². The normalized spacial score (nSPS) is 14.9. The Hall–Kier alpha value is -3.08. The summed E-state index contributed by atoms with van der Waals surface area (Å²) < 4.78 is 42.9. The molecule has 0 aliphatic carbocycles. The van der Waals surface area contributed by atoms with Crippen molar-refractivity contribution in [3.63, 3.8) is 0 Å². The molecule has 1 aromatic carbocycles. The van der Waals surface area contributed by atoms with E-state index >= 15 is 0 Å². The minimum Gasteiger partial charge on any atom is -0.495 e. The molecular weight excluding hydrogens is 393 g/mol. The van der Waals surface area contributed by atoms with Crippen LogP contribution in [0.4, 0.5) is 24.5 Å². The number of hydrogen-bond acceptors (Lipinski definition) is 5. The van der Waals surface area contributed by atoms with Crippen molar-refractivity contribution in [2.45, 2.75) is 6.18 Å². The molecule has 1 saturated heterocycles. The van der Waals surface area contributed by atoms with E-state index in [2.05, 4.69) is 11.9 Å². The Morgan fingerprint density at radius 3 is 2.24 bits per heavy atom. The minimum absolute atomic E-state index is 0.0200. The van der Waals surface area contributed by atoms with E-state index in [9.17, 15) is 27.6 Å². The first-order valence-electron chi connectivity index (χ1n) is 8.58. The SMILES string of the molecule is C=CC(=O)Nc1cc(NC(=O)C(F)(F)F)c(OC)cc1C(=O)N1CCN(C)CC1. The summed E-state index contributed by atoms with van der Waals surface area (Å²) in [7, 11) is 3.10. The molecule has 2 N–H and O–H groups in total. The lowest BCUT2D eigenvalue weighted by Crippen LogP contribution is -2.47. The molecule has 1 aromatic rings. The summed E-state index contributed by atoms with van der Waals surface area (Å²) in [5, 5.41) is 4.08. The lowest BCUT2D eigenvalue weighted by atomic mass is 10.1. The molecule has 1 fully saturated rings. The van der Waals surface area contributed by atoms with E-state index < -0.39 is 23.9 Å². The van der Waals surface area contributed by atoms with Gasteiger partial charge in [-0.25, -0.2) is 0 Å². The number of rotatable bonds is 5. The van der Waals surface area contributed by atoms with Crippen molar-refractivity contribution in [1.82, 2.24) is 9.80 Å². The lowest BCUT2D eigenvalue weighted by Gasteiger charge is -2.33. The van der Waals surface area contributed by atoms with Crippen LogP contribution >= 0.6 is 0 Å². The third-order valence-corrected chi connectivity index (χ3v) is 4.31. The molecule has 8 nitrogen and oxygen atoms in total. The highest BCUT2D eigenvalue weighted by atomic mass is 19.4. The molecule has 0 radical (unpaired) electrons. The Balaban J connectivity index is 2.45. The second-order valence-corrected chi connectivity index (χ2v) is 6.34. The summed E-state index contributed by atoms with van der Waals surface area (Å²) in [5.74, 6) is -3.47. The average molecular weight is 414 g/mol. The van der Waals surface area contributed by atoms with Gasteiger partial charge in [0.05, 0.1) is 24.0 Å². The molecule has 0 bridgehead atoms. The van der Waals surface area contributed by atoms with Gasteiger partial charge in [-0.2, -0.15) is 13.2 Å². The van der Waals surface area contributed by atoms with Gasteiger partial charge >= 0.3 is 12.1 Å². The number of piperazine rings is 1. The maximum Gasteiger partial charge on any atom is 0.471 e. The standard InChI is InChI=1S/C18H21F3N4O4/c1-4-15(26)22-12-10-13(23-17(28)18(19,20)21)14(29-3)9-11(12)16(27)25-7-5-24(2)6-8-25/h4,9-10H,1,5-8H2,2-3H3,(H,22,26)(H,23,28). The Kier molecular flexibility index (Phi) is 6.85. The van der Waals surface area contributed by atoms with Crippen molar-refractivity contribution in [3.05, 3.63) is 30.4 Å². The van der Waals surface area contributed by atoms with Gasteiger partial charge in [-0.1, -0.05) is 6.58 Å².